The van der Waals surface area contributed by atoms with Crippen LogP contribution in [0.2, 0.25) is 0 Å². The van der Waals surface area contributed by atoms with Gasteiger partial charge in [0.25, 0.3) is 0 Å². The van der Waals surface area contributed by atoms with E-state index < -0.39 is 0 Å². The van der Waals surface area contributed by atoms with Crippen LogP contribution in [0.15, 0.2) is 0 Å². The van der Waals surface area contributed by atoms with Gasteiger partial charge in [0.15, 0.2) is 0 Å². The second-order valence-corrected chi connectivity index (χ2v) is 0.707. The first-order valence-electron chi connectivity index (χ1n) is 2.08. The van der Waals surface area contributed by atoms with Crippen LogP contribution in [0.5, 0.6) is 0 Å². The zero-order valence-electron chi connectivity index (χ0n) is 5.02. The molecule has 4 nitrogen and oxygen atoms in total. The molecule has 0 aromatic heterocycles. The van der Waals surface area contributed by atoms with Crippen LogP contribution in [-0.2, 0) is 0 Å². The molecule has 48 valence electrons. The van der Waals surface area contributed by atoms with Crippen molar-refractivity contribution in [2.75, 3.05) is 0 Å². The highest BCUT2D eigenvalue weighted by molar-refractivity contribution is 3.92. The monoisotopic (exact) mass is 108 g/mol. The van der Waals surface area contributed by atoms with Crippen molar-refractivity contribution in [3.63, 3.8) is 0 Å². The second kappa shape index (κ2) is 194. The van der Waals surface area contributed by atoms with Gasteiger partial charge in [0.1, 0.15) is 0 Å². The van der Waals surface area contributed by atoms with Gasteiger partial charge in [0.05, 0.1) is 0 Å². The van der Waals surface area contributed by atoms with E-state index in [1.165, 1.54) is 6.42 Å². The van der Waals surface area contributed by atoms with Crippen molar-refractivity contribution in [1.82, 2.24) is 0 Å². The summed E-state index contributed by atoms with van der Waals surface area (Å²) in [6, 6.07) is 0. The Morgan fingerprint density at radius 1 is 0.857 bits per heavy atom. The Morgan fingerprint density at radius 2 is 0.857 bits per heavy atom. The van der Waals surface area contributed by atoms with Crippen molar-refractivity contribution in [2.45, 2.75) is 20.3 Å². The standard InChI is InChI=1S/C3H8.2H4N2/c1-3-2;2*1-2/h3H2,1-2H3;2*1-2H2. The van der Waals surface area contributed by atoms with Crippen LogP contribution in [0.3, 0.4) is 0 Å². The summed E-state index contributed by atoms with van der Waals surface area (Å²) in [4.78, 5) is 0. The Balaban J connectivity index is -0.0000000360. The van der Waals surface area contributed by atoms with Crippen molar-refractivity contribution in [3.05, 3.63) is 0 Å². The van der Waals surface area contributed by atoms with Crippen LogP contribution in [0, 0.1) is 0 Å². The third-order valence-corrected chi connectivity index (χ3v) is 0. The Bertz CT molecular complexity index is 6.90. The largest absolute Gasteiger partial charge is 0.274 e. The molecule has 8 N–H and O–H groups in total. The number of hydrogen-bond donors (Lipinski definition) is 4. The minimum Gasteiger partial charge on any atom is -0.274 e. The van der Waals surface area contributed by atoms with Gasteiger partial charge in [-0.25, -0.2) is 0 Å². The lowest BCUT2D eigenvalue weighted by atomic mass is 10.6. The predicted octanol–water partition coefficient (Wildman–Crippen LogP) is -0.946. The topological polar surface area (TPSA) is 104 Å². The first-order valence-corrected chi connectivity index (χ1v) is 2.08. The molecular weight excluding hydrogens is 92.1 g/mol. The molecule has 0 rings (SSSR count). The van der Waals surface area contributed by atoms with Crippen LogP contribution in [-0.4, -0.2) is 0 Å². The summed E-state index contributed by atoms with van der Waals surface area (Å²) in [5.74, 6) is 16.0. The van der Waals surface area contributed by atoms with E-state index in [0.29, 0.717) is 0 Å². The Hall–Kier alpha value is -0.160. The van der Waals surface area contributed by atoms with Gasteiger partial charge in [-0.1, -0.05) is 20.3 Å². The molecule has 0 aliphatic heterocycles. The third-order valence-electron chi connectivity index (χ3n) is 0. The van der Waals surface area contributed by atoms with Gasteiger partial charge >= 0.3 is 0 Å². The zero-order chi connectivity index (χ0) is 6.71. The quantitative estimate of drug-likeness (QED) is 0.237. The maximum absolute atomic E-state index is 4.00. The van der Waals surface area contributed by atoms with Crippen LogP contribution in [0.1, 0.15) is 20.3 Å². The minimum absolute atomic E-state index is 1.25. The lowest BCUT2D eigenvalue weighted by molar-refractivity contribution is 1.09. The first kappa shape index (κ1) is 15.8. The van der Waals surface area contributed by atoms with Crippen molar-refractivity contribution < 1.29 is 0 Å². The average Bonchev–Trinajstić information content (AvgIpc) is 1.78. The smallest absolute Gasteiger partial charge is 0.0590 e. The maximum Gasteiger partial charge on any atom is -0.0590 e. The highest BCUT2D eigenvalue weighted by atomic mass is 15.0. The van der Waals surface area contributed by atoms with Crippen LogP contribution in [0.4, 0.5) is 0 Å². The molecule has 0 spiro atoms. The van der Waals surface area contributed by atoms with Crippen molar-refractivity contribution in [1.29, 1.82) is 0 Å². The lowest BCUT2D eigenvalue weighted by Gasteiger charge is -1.48. The van der Waals surface area contributed by atoms with Gasteiger partial charge < -0.3 is 0 Å². The third kappa shape index (κ3) is 3360. The van der Waals surface area contributed by atoms with Gasteiger partial charge in [0, 0.05) is 0 Å². The van der Waals surface area contributed by atoms with Gasteiger partial charge in [-0.15, -0.1) is 0 Å². The predicted molar refractivity (Wildman–Crippen MR) is 32.7 cm³/mol. The molecule has 0 aromatic rings. The zero-order valence-corrected chi connectivity index (χ0v) is 5.02. The van der Waals surface area contributed by atoms with Crippen molar-refractivity contribution in [2.24, 2.45) is 23.4 Å². The van der Waals surface area contributed by atoms with Gasteiger partial charge in [0.2, 0.25) is 0 Å². The SMILES string of the molecule is CCC.NN.NN. The molecule has 0 bridgehead atoms. The molecule has 0 aromatic carbocycles. The second-order valence-electron chi connectivity index (χ2n) is 0.707. The molecule has 0 amide bonds. The molecule has 0 aliphatic carbocycles. The van der Waals surface area contributed by atoms with Crippen LogP contribution < -0.4 is 23.4 Å². The molecule has 0 saturated carbocycles. The summed E-state index contributed by atoms with van der Waals surface area (Å²) in [6.45, 7) is 4.25. The van der Waals surface area contributed by atoms with Gasteiger partial charge in [-0.2, -0.15) is 0 Å². The van der Waals surface area contributed by atoms with Crippen LogP contribution >= 0.6 is 0 Å². The Kier molecular flexibility index (Phi) is 438. The van der Waals surface area contributed by atoms with Crippen molar-refractivity contribution in [3.8, 4) is 0 Å². The molecule has 0 heterocycles. The van der Waals surface area contributed by atoms with E-state index >= 15 is 0 Å². The normalized spacial score (nSPS) is 4.29. The number of hydrogen-bond acceptors (Lipinski definition) is 4. The summed E-state index contributed by atoms with van der Waals surface area (Å²) in [5, 5.41) is 0. The lowest BCUT2D eigenvalue weighted by Crippen LogP contribution is -2.02. The average molecular weight is 108 g/mol. The molecule has 0 saturated heterocycles. The maximum atomic E-state index is 4.00. The summed E-state index contributed by atoms with van der Waals surface area (Å²) in [6.07, 6.45) is 1.25. The Morgan fingerprint density at radius 3 is 0.857 bits per heavy atom. The Labute approximate surface area is 44.8 Å². The van der Waals surface area contributed by atoms with E-state index in [4.69, 9.17) is 0 Å². The molecule has 0 radical (unpaired) electrons. The molecule has 0 atom stereocenters. The molecule has 0 aliphatic rings. The number of rotatable bonds is 0. The van der Waals surface area contributed by atoms with E-state index in [1.54, 1.807) is 0 Å². The number of nitrogens with two attached hydrogens (primary N) is 4. The minimum atomic E-state index is 1.25. The van der Waals surface area contributed by atoms with Crippen LogP contribution in [0.25, 0.3) is 0 Å². The fourth-order valence-electron chi connectivity index (χ4n) is 0. The summed E-state index contributed by atoms with van der Waals surface area (Å²) in [7, 11) is 0. The van der Waals surface area contributed by atoms with E-state index in [0.717, 1.165) is 0 Å². The fourth-order valence-corrected chi connectivity index (χ4v) is 0. The van der Waals surface area contributed by atoms with E-state index in [2.05, 4.69) is 37.2 Å². The van der Waals surface area contributed by atoms with Gasteiger partial charge in [-0.3, -0.25) is 23.4 Å². The summed E-state index contributed by atoms with van der Waals surface area (Å²) in [5.41, 5.74) is 0. The highest BCUT2D eigenvalue weighted by Crippen LogP contribution is 1.56. The summed E-state index contributed by atoms with van der Waals surface area (Å²) >= 11 is 0. The summed E-state index contributed by atoms with van der Waals surface area (Å²) < 4.78 is 0. The molecule has 0 fully saturated rings. The molecule has 4 heteroatoms. The van der Waals surface area contributed by atoms with E-state index in [9.17, 15) is 0 Å². The van der Waals surface area contributed by atoms with Gasteiger partial charge in [-0.05, 0) is 0 Å². The molecular formula is C3H16N4. The fraction of sp³-hybridized carbons (Fsp3) is 1.00. The van der Waals surface area contributed by atoms with E-state index in [1.807, 2.05) is 0 Å². The number of hydrazine groups is 2. The van der Waals surface area contributed by atoms with Crippen molar-refractivity contribution >= 4 is 0 Å². The van der Waals surface area contributed by atoms with E-state index in [-0.39, 0.29) is 0 Å². The highest BCUT2D eigenvalue weighted by Gasteiger charge is 1.35. The molecule has 0 unspecified atom stereocenters. The molecule has 7 heavy (non-hydrogen) atoms. The first-order chi connectivity index (χ1) is 3.41.